The van der Waals surface area contributed by atoms with Crippen molar-refractivity contribution in [2.75, 3.05) is 25.1 Å². The number of nitrogens with one attached hydrogen (secondary N) is 1. The first-order valence-corrected chi connectivity index (χ1v) is 11.2. The lowest BCUT2D eigenvalue weighted by atomic mass is 10.1. The number of carbonyl (C=O) groups is 2. The number of ether oxygens (including phenoxy) is 3. The van der Waals surface area contributed by atoms with Crippen molar-refractivity contribution in [3.63, 3.8) is 0 Å². The zero-order valence-corrected chi connectivity index (χ0v) is 18.7. The van der Waals surface area contributed by atoms with Crippen molar-refractivity contribution in [2.24, 2.45) is 0 Å². The molecule has 0 unspecified atom stereocenters. The maximum atomic E-state index is 12.6. The second-order valence-electron chi connectivity index (χ2n) is 6.18. The standard InChI is InChI=1S/C22H23NO5S2/c1-4-26-15-8-10-16(11-9-15)28-13-18(24)23-21-20(22(25)27-5-2)19(14(3)30-21)17-7-6-12-29-17/h6-12H,4-5,13H2,1-3H3,(H,23,24). The molecule has 2 heterocycles. The molecule has 0 bridgehead atoms. The smallest absolute Gasteiger partial charge is 0.341 e. The van der Waals surface area contributed by atoms with Crippen molar-refractivity contribution >= 4 is 39.6 Å². The molecule has 30 heavy (non-hydrogen) atoms. The van der Waals surface area contributed by atoms with Crippen LogP contribution in [0, 0.1) is 6.92 Å². The minimum atomic E-state index is -0.451. The zero-order valence-electron chi connectivity index (χ0n) is 17.0. The number of hydrogen-bond donors (Lipinski definition) is 1. The van der Waals surface area contributed by atoms with Crippen molar-refractivity contribution in [3.8, 4) is 21.9 Å². The molecule has 1 amide bonds. The molecule has 0 fully saturated rings. The van der Waals surface area contributed by atoms with E-state index in [0.29, 0.717) is 22.9 Å². The number of hydrogen-bond acceptors (Lipinski definition) is 7. The lowest BCUT2D eigenvalue weighted by molar-refractivity contribution is -0.118. The molecule has 1 N–H and O–H groups in total. The molecule has 6 nitrogen and oxygen atoms in total. The lowest BCUT2D eigenvalue weighted by Crippen LogP contribution is -2.21. The first kappa shape index (κ1) is 21.9. The Morgan fingerprint density at radius 2 is 1.70 bits per heavy atom. The van der Waals surface area contributed by atoms with Crippen molar-refractivity contribution < 1.29 is 23.8 Å². The minimum absolute atomic E-state index is 0.179. The second-order valence-corrected chi connectivity index (χ2v) is 8.35. The topological polar surface area (TPSA) is 73.9 Å². The Balaban J connectivity index is 1.74. The number of thiophene rings is 2. The van der Waals surface area contributed by atoms with Crippen LogP contribution in [0.15, 0.2) is 41.8 Å². The van der Waals surface area contributed by atoms with Gasteiger partial charge < -0.3 is 19.5 Å². The average molecular weight is 446 g/mol. The van der Waals surface area contributed by atoms with Gasteiger partial charge in [0.05, 0.1) is 13.2 Å². The van der Waals surface area contributed by atoms with Crippen molar-refractivity contribution in [1.29, 1.82) is 0 Å². The summed E-state index contributed by atoms with van der Waals surface area (Å²) in [5.74, 6) is 0.491. The summed E-state index contributed by atoms with van der Waals surface area (Å²) in [4.78, 5) is 27.0. The van der Waals surface area contributed by atoms with Gasteiger partial charge in [-0.05, 0) is 56.5 Å². The van der Waals surface area contributed by atoms with E-state index in [4.69, 9.17) is 14.2 Å². The van der Waals surface area contributed by atoms with E-state index >= 15 is 0 Å². The molecule has 8 heteroatoms. The van der Waals surface area contributed by atoms with Gasteiger partial charge in [0.1, 0.15) is 22.1 Å². The van der Waals surface area contributed by atoms with Crippen LogP contribution in [-0.4, -0.2) is 31.7 Å². The highest BCUT2D eigenvalue weighted by Crippen LogP contribution is 2.42. The fourth-order valence-electron chi connectivity index (χ4n) is 2.86. The van der Waals surface area contributed by atoms with Gasteiger partial charge in [0.25, 0.3) is 5.91 Å². The van der Waals surface area contributed by atoms with Crippen LogP contribution in [-0.2, 0) is 9.53 Å². The Bertz CT molecular complexity index is 993. The number of amides is 1. The van der Waals surface area contributed by atoms with Gasteiger partial charge in [0.2, 0.25) is 0 Å². The number of anilines is 1. The van der Waals surface area contributed by atoms with E-state index in [0.717, 1.165) is 21.1 Å². The molecule has 0 atom stereocenters. The molecule has 0 aliphatic heterocycles. The summed E-state index contributed by atoms with van der Waals surface area (Å²) in [6, 6.07) is 10.9. The summed E-state index contributed by atoms with van der Waals surface area (Å²) in [5, 5.41) is 5.22. The van der Waals surface area contributed by atoms with E-state index in [1.54, 1.807) is 31.2 Å². The first-order chi connectivity index (χ1) is 14.5. The lowest BCUT2D eigenvalue weighted by Gasteiger charge is -2.10. The molecular formula is C22H23NO5S2. The monoisotopic (exact) mass is 445 g/mol. The van der Waals surface area contributed by atoms with Gasteiger partial charge in [0, 0.05) is 15.3 Å². The van der Waals surface area contributed by atoms with Gasteiger partial charge in [0.15, 0.2) is 6.61 Å². The van der Waals surface area contributed by atoms with Crippen LogP contribution >= 0.6 is 22.7 Å². The Hall–Kier alpha value is -2.84. The predicted octanol–water partition coefficient (Wildman–Crippen LogP) is 5.38. The molecule has 0 aliphatic carbocycles. The molecule has 0 saturated carbocycles. The number of aryl methyl sites for hydroxylation is 1. The predicted molar refractivity (Wildman–Crippen MR) is 120 cm³/mol. The van der Waals surface area contributed by atoms with Crippen molar-refractivity contribution in [3.05, 3.63) is 52.2 Å². The molecular weight excluding hydrogens is 422 g/mol. The molecule has 0 spiro atoms. The molecule has 0 saturated heterocycles. The summed E-state index contributed by atoms with van der Waals surface area (Å²) < 4.78 is 16.2. The van der Waals surface area contributed by atoms with E-state index in [-0.39, 0.29) is 19.1 Å². The molecule has 1 aromatic carbocycles. The molecule has 2 aromatic heterocycles. The molecule has 158 valence electrons. The zero-order chi connectivity index (χ0) is 21.5. The maximum Gasteiger partial charge on any atom is 0.341 e. The molecule has 3 rings (SSSR count). The highest BCUT2D eigenvalue weighted by atomic mass is 32.1. The van der Waals surface area contributed by atoms with Gasteiger partial charge in [-0.2, -0.15) is 0 Å². The number of benzene rings is 1. The quantitative estimate of drug-likeness (QED) is 0.448. The van der Waals surface area contributed by atoms with Gasteiger partial charge >= 0.3 is 5.97 Å². The number of carbonyl (C=O) groups excluding carboxylic acids is 2. The normalized spacial score (nSPS) is 10.5. The van der Waals surface area contributed by atoms with Crippen LogP contribution in [0.3, 0.4) is 0 Å². The Morgan fingerprint density at radius 3 is 2.30 bits per heavy atom. The van der Waals surface area contributed by atoms with Crippen LogP contribution in [0.1, 0.15) is 29.1 Å². The first-order valence-electron chi connectivity index (χ1n) is 9.53. The van der Waals surface area contributed by atoms with E-state index in [1.165, 1.54) is 22.7 Å². The van der Waals surface area contributed by atoms with Gasteiger partial charge in [-0.3, -0.25) is 4.79 Å². The Labute approximate surface area is 183 Å². The van der Waals surface area contributed by atoms with E-state index in [2.05, 4.69) is 5.32 Å². The van der Waals surface area contributed by atoms with Crippen molar-refractivity contribution in [2.45, 2.75) is 20.8 Å². The van der Waals surface area contributed by atoms with E-state index in [9.17, 15) is 9.59 Å². The van der Waals surface area contributed by atoms with Crippen LogP contribution < -0.4 is 14.8 Å². The van der Waals surface area contributed by atoms with Gasteiger partial charge in [-0.25, -0.2) is 4.79 Å². The van der Waals surface area contributed by atoms with Crippen LogP contribution in [0.4, 0.5) is 5.00 Å². The van der Waals surface area contributed by atoms with Crippen molar-refractivity contribution in [1.82, 2.24) is 0 Å². The highest BCUT2D eigenvalue weighted by molar-refractivity contribution is 7.18. The summed E-state index contributed by atoms with van der Waals surface area (Å²) in [7, 11) is 0. The summed E-state index contributed by atoms with van der Waals surface area (Å²) in [6.45, 7) is 6.25. The maximum absolute atomic E-state index is 12.6. The SMILES string of the molecule is CCOC(=O)c1c(NC(=O)COc2ccc(OCC)cc2)sc(C)c1-c1cccs1. The molecule has 0 radical (unpaired) electrons. The summed E-state index contributed by atoms with van der Waals surface area (Å²) in [6.07, 6.45) is 0. The van der Waals surface area contributed by atoms with Crippen LogP contribution in [0.5, 0.6) is 11.5 Å². The van der Waals surface area contributed by atoms with E-state index in [1.807, 2.05) is 31.4 Å². The third-order valence-corrected chi connectivity index (χ3v) is 6.00. The summed E-state index contributed by atoms with van der Waals surface area (Å²) in [5.41, 5.74) is 1.19. The van der Waals surface area contributed by atoms with Gasteiger partial charge in [-0.1, -0.05) is 6.07 Å². The van der Waals surface area contributed by atoms with E-state index < -0.39 is 5.97 Å². The minimum Gasteiger partial charge on any atom is -0.494 e. The third kappa shape index (κ3) is 5.20. The average Bonchev–Trinajstić information content (AvgIpc) is 3.35. The molecule has 0 aliphatic rings. The number of rotatable bonds is 9. The van der Waals surface area contributed by atoms with Gasteiger partial charge in [-0.15, -0.1) is 22.7 Å². The highest BCUT2D eigenvalue weighted by Gasteiger charge is 2.26. The fraction of sp³-hybridized carbons (Fsp3) is 0.273. The Morgan fingerprint density at radius 1 is 1.00 bits per heavy atom. The second kappa shape index (κ2) is 10.3. The largest absolute Gasteiger partial charge is 0.494 e. The number of esters is 1. The molecule has 3 aromatic rings. The Kier molecular flexibility index (Phi) is 7.48. The van der Waals surface area contributed by atoms with Crippen LogP contribution in [0.2, 0.25) is 0 Å². The van der Waals surface area contributed by atoms with Crippen LogP contribution in [0.25, 0.3) is 10.4 Å². The summed E-state index contributed by atoms with van der Waals surface area (Å²) >= 11 is 2.89. The third-order valence-electron chi connectivity index (χ3n) is 4.09. The fourth-order valence-corrected chi connectivity index (χ4v) is 4.83.